The van der Waals surface area contributed by atoms with Crippen LogP contribution in [0.15, 0.2) is 27.4 Å². The van der Waals surface area contributed by atoms with Gasteiger partial charge in [-0.2, -0.15) is 0 Å². The van der Waals surface area contributed by atoms with E-state index in [0.717, 1.165) is 19.9 Å². The molecule has 3 nitrogen and oxygen atoms in total. The highest BCUT2D eigenvalue weighted by atomic mass is 32.2. The smallest absolute Gasteiger partial charge is 0.179 e. The summed E-state index contributed by atoms with van der Waals surface area (Å²) in [4.78, 5) is 1.11. The topological polar surface area (TPSA) is 51.8 Å². The van der Waals surface area contributed by atoms with Crippen LogP contribution >= 0.6 is 23.1 Å². The number of anilines is 1. The molecule has 0 saturated carbocycles. The Hall–Kier alpha value is -1.07. The quantitative estimate of drug-likeness (QED) is 0.816. The van der Waals surface area contributed by atoms with Gasteiger partial charge in [-0.1, -0.05) is 23.1 Å². The molecule has 1 aromatic heterocycles. The summed E-state index contributed by atoms with van der Waals surface area (Å²) < 4.78 is 0.956. The maximum absolute atomic E-state index is 5.77. The fourth-order valence-corrected chi connectivity index (χ4v) is 3.21. The van der Waals surface area contributed by atoms with Crippen LogP contribution in [0, 0.1) is 13.8 Å². The molecular formula is C10H11N3S2. The van der Waals surface area contributed by atoms with Gasteiger partial charge in [0.2, 0.25) is 0 Å². The van der Waals surface area contributed by atoms with E-state index in [1.54, 1.807) is 23.1 Å². The third-order valence-electron chi connectivity index (χ3n) is 1.79. The SMILES string of the molecule is Cc1cc(N)cc(Sc2nnc(C)s2)c1. The first-order valence-corrected chi connectivity index (χ1v) is 6.12. The van der Waals surface area contributed by atoms with Crippen molar-refractivity contribution in [3.05, 3.63) is 28.8 Å². The summed E-state index contributed by atoms with van der Waals surface area (Å²) in [5, 5.41) is 9.02. The summed E-state index contributed by atoms with van der Waals surface area (Å²) in [6, 6.07) is 6.00. The molecule has 2 rings (SSSR count). The molecule has 0 saturated heterocycles. The molecule has 0 bridgehead atoms. The van der Waals surface area contributed by atoms with Crippen molar-refractivity contribution in [1.29, 1.82) is 0 Å². The monoisotopic (exact) mass is 237 g/mol. The number of aryl methyl sites for hydroxylation is 2. The van der Waals surface area contributed by atoms with Crippen molar-refractivity contribution in [1.82, 2.24) is 10.2 Å². The summed E-state index contributed by atoms with van der Waals surface area (Å²) in [6.45, 7) is 3.98. The van der Waals surface area contributed by atoms with E-state index in [-0.39, 0.29) is 0 Å². The summed E-state index contributed by atoms with van der Waals surface area (Å²) in [6.07, 6.45) is 0. The van der Waals surface area contributed by atoms with Crippen LogP contribution in [0.5, 0.6) is 0 Å². The molecule has 0 aliphatic rings. The Bertz CT molecular complexity index is 459. The second-order valence-corrected chi connectivity index (χ2v) is 5.77. The van der Waals surface area contributed by atoms with Gasteiger partial charge >= 0.3 is 0 Å². The van der Waals surface area contributed by atoms with E-state index in [2.05, 4.69) is 16.3 Å². The molecule has 0 aliphatic carbocycles. The van der Waals surface area contributed by atoms with Gasteiger partial charge in [-0.25, -0.2) is 0 Å². The molecule has 0 fully saturated rings. The lowest BCUT2D eigenvalue weighted by Gasteiger charge is -2.01. The van der Waals surface area contributed by atoms with Crippen LogP contribution in [0.25, 0.3) is 0 Å². The summed E-state index contributed by atoms with van der Waals surface area (Å²) in [5.41, 5.74) is 7.73. The number of hydrogen-bond acceptors (Lipinski definition) is 5. The normalized spacial score (nSPS) is 10.5. The van der Waals surface area contributed by atoms with Crippen molar-refractivity contribution in [3.8, 4) is 0 Å². The van der Waals surface area contributed by atoms with Crippen LogP contribution in [-0.4, -0.2) is 10.2 Å². The van der Waals surface area contributed by atoms with Gasteiger partial charge in [0.15, 0.2) is 4.34 Å². The van der Waals surface area contributed by atoms with Crippen LogP contribution in [0.1, 0.15) is 10.6 Å². The molecule has 1 heterocycles. The lowest BCUT2D eigenvalue weighted by atomic mass is 10.2. The van der Waals surface area contributed by atoms with Gasteiger partial charge in [0, 0.05) is 10.6 Å². The second kappa shape index (κ2) is 4.20. The van der Waals surface area contributed by atoms with E-state index in [9.17, 15) is 0 Å². The molecule has 78 valence electrons. The summed E-state index contributed by atoms with van der Waals surface area (Å²) >= 11 is 3.20. The van der Waals surface area contributed by atoms with E-state index in [4.69, 9.17) is 5.73 Å². The Morgan fingerprint density at radius 3 is 2.60 bits per heavy atom. The third kappa shape index (κ3) is 2.70. The van der Waals surface area contributed by atoms with Gasteiger partial charge in [0.25, 0.3) is 0 Å². The van der Waals surface area contributed by atoms with Gasteiger partial charge in [0.1, 0.15) is 5.01 Å². The number of nitrogens with two attached hydrogens (primary N) is 1. The van der Waals surface area contributed by atoms with Crippen LogP contribution in [0.4, 0.5) is 5.69 Å². The average molecular weight is 237 g/mol. The van der Waals surface area contributed by atoms with Crippen LogP contribution < -0.4 is 5.73 Å². The van der Waals surface area contributed by atoms with Crippen molar-refractivity contribution in [3.63, 3.8) is 0 Å². The van der Waals surface area contributed by atoms with Crippen molar-refractivity contribution in [2.75, 3.05) is 5.73 Å². The molecule has 0 atom stereocenters. The predicted octanol–water partition coefficient (Wildman–Crippen LogP) is 2.89. The fraction of sp³-hybridized carbons (Fsp3) is 0.200. The zero-order valence-electron chi connectivity index (χ0n) is 8.52. The molecule has 1 aromatic carbocycles. The third-order valence-corrected chi connectivity index (χ3v) is 3.65. The zero-order chi connectivity index (χ0) is 10.8. The Balaban J connectivity index is 2.24. The van der Waals surface area contributed by atoms with E-state index in [1.165, 1.54) is 5.56 Å². The van der Waals surface area contributed by atoms with Crippen LogP contribution in [0.3, 0.4) is 0 Å². The number of aromatic nitrogens is 2. The first kappa shape index (κ1) is 10.4. The minimum atomic E-state index is 0.790. The Labute approximate surface area is 96.7 Å². The number of hydrogen-bond donors (Lipinski definition) is 1. The Kier molecular flexibility index (Phi) is 2.93. The average Bonchev–Trinajstić information content (AvgIpc) is 2.49. The molecule has 5 heteroatoms. The summed E-state index contributed by atoms with van der Waals surface area (Å²) in [7, 11) is 0. The number of nitrogen functional groups attached to an aromatic ring is 1. The molecule has 0 spiro atoms. The van der Waals surface area contributed by atoms with E-state index < -0.39 is 0 Å². The second-order valence-electron chi connectivity index (χ2n) is 3.27. The molecule has 0 aliphatic heterocycles. The maximum Gasteiger partial charge on any atom is 0.179 e. The van der Waals surface area contributed by atoms with Crippen molar-refractivity contribution >= 4 is 28.8 Å². The highest BCUT2D eigenvalue weighted by Crippen LogP contribution is 2.31. The predicted molar refractivity (Wildman–Crippen MR) is 64.4 cm³/mol. The minimum absolute atomic E-state index is 0.790. The molecule has 0 unspecified atom stereocenters. The van der Waals surface area contributed by atoms with Gasteiger partial charge in [0.05, 0.1) is 0 Å². The number of rotatable bonds is 2. The van der Waals surface area contributed by atoms with Crippen molar-refractivity contribution in [2.24, 2.45) is 0 Å². The van der Waals surface area contributed by atoms with Crippen molar-refractivity contribution in [2.45, 2.75) is 23.1 Å². The van der Waals surface area contributed by atoms with Gasteiger partial charge in [-0.3, -0.25) is 0 Å². The largest absolute Gasteiger partial charge is 0.399 e. The molecular weight excluding hydrogens is 226 g/mol. The Morgan fingerprint density at radius 1 is 1.20 bits per heavy atom. The highest BCUT2D eigenvalue weighted by Gasteiger charge is 2.04. The standard InChI is InChI=1S/C10H11N3S2/c1-6-3-8(11)5-9(4-6)15-10-13-12-7(2)14-10/h3-5H,11H2,1-2H3. The molecule has 0 radical (unpaired) electrons. The molecule has 15 heavy (non-hydrogen) atoms. The molecule has 0 amide bonds. The maximum atomic E-state index is 5.77. The lowest BCUT2D eigenvalue weighted by Crippen LogP contribution is -1.86. The summed E-state index contributed by atoms with van der Waals surface area (Å²) in [5.74, 6) is 0. The zero-order valence-corrected chi connectivity index (χ0v) is 10.2. The van der Waals surface area contributed by atoms with Crippen LogP contribution in [-0.2, 0) is 0 Å². The van der Waals surface area contributed by atoms with Crippen LogP contribution in [0.2, 0.25) is 0 Å². The Morgan fingerprint density at radius 2 is 2.00 bits per heavy atom. The molecule has 2 aromatic rings. The highest BCUT2D eigenvalue weighted by molar-refractivity contribution is 8.01. The van der Waals surface area contributed by atoms with Crippen molar-refractivity contribution < 1.29 is 0 Å². The van der Waals surface area contributed by atoms with E-state index >= 15 is 0 Å². The van der Waals surface area contributed by atoms with E-state index in [1.807, 2.05) is 26.0 Å². The number of benzene rings is 1. The minimum Gasteiger partial charge on any atom is -0.399 e. The van der Waals surface area contributed by atoms with Gasteiger partial charge in [-0.15, -0.1) is 10.2 Å². The van der Waals surface area contributed by atoms with Gasteiger partial charge < -0.3 is 5.73 Å². The fourth-order valence-electron chi connectivity index (χ4n) is 1.26. The molecule has 2 N–H and O–H groups in total. The lowest BCUT2D eigenvalue weighted by molar-refractivity contribution is 0.984. The van der Waals surface area contributed by atoms with E-state index in [0.29, 0.717) is 0 Å². The van der Waals surface area contributed by atoms with Gasteiger partial charge in [-0.05, 0) is 37.6 Å². The first-order valence-electron chi connectivity index (χ1n) is 4.48. The number of nitrogens with zero attached hydrogens (tertiary/aromatic N) is 2. The first-order chi connectivity index (χ1) is 7.13.